The van der Waals surface area contributed by atoms with E-state index >= 15 is 0 Å². The Morgan fingerprint density at radius 1 is 1.19 bits per heavy atom. The number of ether oxygens (including phenoxy) is 1. The number of urea groups is 1. The van der Waals surface area contributed by atoms with Crippen LogP contribution in [0.4, 0.5) is 20.6 Å². The molecule has 0 aromatic heterocycles. The number of hydrogen-bond acceptors (Lipinski definition) is 3. The van der Waals surface area contributed by atoms with Crippen LogP contribution in [-0.4, -0.2) is 13.1 Å². The second-order valence-electron chi connectivity index (χ2n) is 4.11. The second-order valence-corrected chi connectivity index (χ2v) is 4.11. The molecule has 106 valence electrons. The van der Waals surface area contributed by atoms with Crippen molar-refractivity contribution in [1.29, 1.82) is 5.26 Å². The van der Waals surface area contributed by atoms with Crippen LogP contribution in [0.25, 0.3) is 0 Å². The first-order valence-corrected chi connectivity index (χ1v) is 6.04. The average Bonchev–Trinajstić information content (AvgIpc) is 2.50. The quantitative estimate of drug-likeness (QED) is 0.908. The highest BCUT2D eigenvalue weighted by atomic mass is 19.1. The lowest BCUT2D eigenvalue weighted by atomic mass is 10.2. The number of methoxy groups -OCH3 is 1. The van der Waals surface area contributed by atoms with Crippen LogP contribution in [0.3, 0.4) is 0 Å². The van der Waals surface area contributed by atoms with Gasteiger partial charge in [-0.2, -0.15) is 5.26 Å². The molecule has 5 nitrogen and oxygen atoms in total. The van der Waals surface area contributed by atoms with Crippen LogP contribution < -0.4 is 15.4 Å². The lowest BCUT2D eigenvalue weighted by Gasteiger charge is -2.09. The molecule has 2 aromatic rings. The smallest absolute Gasteiger partial charge is 0.323 e. The van der Waals surface area contributed by atoms with Crippen molar-refractivity contribution in [2.24, 2.45) is 0 Å². The molecule has 0 heterocycles. The summed E-state index contributed by atoms with van der Waals surface area (Å²) in [5, 5.41) is 13.6. The van der Waals surface area contributed by atoms with Gasteiger partial charge in [-0.25, -0.2) is 9.18 Å². The summed E-state index contributed by atoms with van der Waals surface area (Å²) in [5.74, 6) is -0.00183. The zero-order valence-corrected chi connectivity index (χ0v) is 11.2. The van der Waals surface area contributed by atoms with Gasteiger partial charge >= 0.3 is 6.03 Å². The van der Waals surface area contributed by atoms with Crippen molar-refractivity contribution >= 4 is 17.4 Å². The first-order chi connectivity index (χ1) is 10.1. The molecule has 0 saturated carbocycles. The molecule has 0 saturated heterocycles. The number of carbonyl (C=O) groups is 1. The molecule has 2 rings (SSSR count). The summed E-state index contributed by atoms with van der Waals surface area (Å²) in [4.78, 5) is 11.8. The average molecular weight is 285 g/mol. The first-order valence-electron chi connectivity index (χ1n) is 6.04. The van der Waals surface area contributed by atoms with Crippen molar-refractivity contribution in [3.63, 3.8) is 0 Å². The molecular formula is C15H12FN3O2. The Hall–Kier alpha value is -3.07. The van der Waals surface area contributed by atoms with Gasteiger partial charge in [-0.15, -0.1) is 0 Å². The normalized spacial score (nSPS) is 9.57. The molecule has 0 radical (unpaired) electrons. The van der Waals surface area contributed by atoms with Gasteiger partial charge in [-0.1, -0.05) is 0 Å². The molecule has 0 aliphatic rings. The number of benzene rings is 2. The lowest BCUT2D eigenvalue weighted by molar-refractivity contribution is 0.262. The molecule has 0 atom stereocenters. The Morgan fingerprint density at radius 2 is 1.90 bits per heavy atom. The molecular weight excluding hydrogens is 273 g/mol. The number of amides is 2. The van der Waals surface area contributed by atoms with Gasteiger partial charge in [-0.05, 0) is 42.5 Å². The van der Waals surface area contributed by atoms with E-state index in [1.807, 2.05) is 6.07 Å². The van der Waals surface area contributed by atoms with Crippen molar-refractivity contribution in [1.82, 2.24) is 0 Å². The molecule has 2 amide bonds. The topological polar surface area (TPSA) is 74.2 Å². The fourth-order valence-corrected chi connectivity index (χ4v) is 1.65. The minimum atomic E-state index is -0.668. The molecule has 0 bridgehead atoms. The monoisotopic (exact) mass is 285 g/mol. The molecule has 0 aliphatic carbocycles. The summed E-state index contributed by atoms with van der Waals surface area (Å²) in [7, 11) is 1.54. The predicted octanol–water partition coefficient (Wildman–Crippen LogP) is 3.35. The van der Waals surface area contributed by atoms with E-state index in [9.17, 15) is 9.18 Å². The van der Waals surface area contributed by atoms with Gasteiger partial charge in [-0.3, -0.25) is 0 Å². The Morgan fingerprint density at radius 3 is 2.48 bits per heavy atom. The fraction of sp³-hybridized carbons (Fsp3) is 0.0667. The number of carbonyl (C=O) groups excluding carboxylic acids is 1. The van der Waals surface area contributed by atoms with Crippen LogP contribution >= 0.6 is 0 Å². The van der Waals surface area contributed by atoms with Crippen LogP contribution in [0.5, 0.6) is 5.75 Å². The highest BCUT2D eigenvalue weighted by Gasteiger charge is 2.08. The zero-order valence-electron chi connectivity index (χ0n) is 11.2. The van der Waals surface area contributed by atoms with E-state index in [1.165, 1.54) is 12.1 Å². The Kier molecular flexibility index (Phi) is 4.36. The molecule has 0 aliphatic heterocycles. The van der Waals surface area contributed by atoms with Crippen molar-refractivity contribution in [2.75, 3.05) is 17.7 Å². The SMILES string of the molecule is COc1ccc(NC(=O)Nc2ccc(C#N)cc2F)cc1. The second kappa shape index (κ2) is 6.39. The van der Waals surface area contributed by atoms with E-state index in [-0.39, 0.29) is 11.3 Å². The number of nitriles is 1. The van der Waals surface area contributed by atoms with Crippen LogP contribution in [0.1, 0.15) is 5.56 Å². The summed E-state index contributed by atoms with van der Waals surface area (Å²) in [5.41, 5.74) is 0.732. The summed E-state index contributed by atoms with van der Waals surface area (Å²) in [6.07, 6.45) is 0. The predicted molar refractivity (Wildman–Crippen MR) is 76.8 cm³/mol. The Bertz CT molecular complexity index is 693. The number of rotatable bonds is 3. The van der Waals surface area contributed by atoms with Crippen molar-refractivity contribution in [2.45, 2.75) is 0 Å². The van der Waals surface area contributed by atoms with E-state index < -0.39 is 11.8 Å². The highest BCUT2D eigenvalue weighted by Crippen LogP contribution is 2.17. The summed E-state index contributed by atoms with van der Waals surface area (Å²) < 4.78 is 18.6. The van der Waals surface area contributed by atoms with Crippen LogP contribution in [-0.2, 0) is 0 Å². The van der Waals surface area contributed by atoms with Gasteiger partial charge in [0.25, 0.3) is 0 Å². The van der Waals surface area contributed by atoms with E-state index in [1.54, 1.807) is 31.4 Å². The Labute approximate surface area is 121 Å². The minimum absolute atomic E-state index is 0.0000108. The van der Waals surface area contributed by atoms with E-state index in [4.69, 9.17) is 10.00 Å². The van der Waals surface area contributed by atoms with E-state index in [0.29, 0.717) is 11.4 Å². The van der Waals surface area contributed by atoms with Crippen molar-refractivity contribution in [3.05, 3.63) is 53.8 Å². The third-order valence-electron chi connectivity index (χ3n) is 2.69. The lowest BCUT2D eigenvalue weighted by Crippen LogP contribution is -2.20. The summed E-state index contributed by atoms with van der Waals surface area (Å²) >= 11 is 0. The largest absolute Gasteiger partial charge is 0.497 e. The number of nitrogens with one attached hydrogen (secondary N) is 2. The third-order valence-corrected chi connectivity index (χ3v) is 2.69. The molecule has 0 unspecified atom stereocenters. The zero-order chi connectivity index (χ0) is 15.2. The highest BCUT2D eigenvalue weighted by molar-refractivity contribution is 5.99. The van der Waals surface area contributed by atoms with Gasteiger partial charge < -0.3 is 15.4 Å². The summed E-state index contributed by atoms with van der Waals surface area (Å²) in [6.45, 7) is 0. The van der Waals surface area contributed by atoms with Crippen molar-refractivity contribution in [3.8, 4) is 11.8 Å². The molecule has 0 spiro atoms. The van der Waals surface area contributed by atoms with Gasteiger partial charge in [0.1, 0.15) is 11.6 Å². The molecule has 0 fully saturated rings. The molecule has 2 aromatic carbocycles. The maximum absolute atomic E-state index is 13.6. The van der Waals surface area contributed by atoms with Gasteiger partial charge in [0, 0.05) is 5.69 Å². The first kappa shape index (κ1) is 14.3. The molecule has 21 heavy (non-hydrogen) atoms. The summed E-state index contributed by atoms with van der Waals surface area (Å²) in [6, 6.07) is 11.8. The maximum Gasteiger partial charge on any atom is 0.323 e. The molecule has 6 heteroatoms. The minimum Gasteiger partial charge on any atom is -0.497 e. The van der Waals surface area contributed by atoms with Crippen LogP contribution in [0.15, 0.2) is 42.5 Å². The number of halogens is 1. The number of nitrogens with zero attached hydrogens (tertiary/aromatic N) is 1. The van der Waals surface area contributed by atoms with E-state index in [0.717, 1.165) is 6.07 Å². The van der Waals surface area contributed by atoms with Gasteiger partial charge in [0.15, 0.2) is 0 Å². The van der Waals surface area contributed by atoms with Gasteiger partial charge in [0.05, 0.1) is 24.4 Å². The standard InChI is InChI=1S/C15H12FN3O2/c1-21-12-5-3-11(4-6-12)18-15(20)19-14-7-2-10(9-17)8-13(14)16/h2-8H,1H3,(H2,18,19,20). The van der Waals surface area contributed by atoms with Crippen LogP contribution in [0.2, 0.25) is 0 Å². The maximum atomic E-state index is 13.6. The third kappa shape index (κ3) is 3.70. The number of anilines is 2. The fourth-order valence-electron chi connectivity index (χ4n) is 1.65. The number of hydrogen-bond donors (Lipinski definition) is 2. The molecule has 2 N–H and O–H groups in total. The van der Waals surface area contributed by atoms with Crippen molar-refractivity contribution < 1.29 is 13.9 Å². The Balaban J connectivity index is 2.02. The van der Waals surface area contributed by atoms with Crippen LogP contribution in [0, 0.1) is 17.1 Å². The van der Waals surface area contributed by atoms with E-state index in [2.05, 4.69) is 10.6 Å². The van der Waals surface area contributed by atoms with Gasteiger partial charge in [0.2, 0.25) is 0 Å².